The molecule has 1 amide bonds. The van der Waals surface area contributed by atoms with E-state index in [2.05, 4.69) is 11.4 Å². The van der Waals surface area contributed by atoms with E-state index in [0.717, 1.165) is 34.7 Å². The molecule has 1 N–H and O–H groups in total. The summed E-state index contributed by atoms with van der Waals surface area (Å²) in [5, 5.41) is 3.50. The average molecular weight is 469 g/mol. The van der Waals surface area contributed by atoms with Gasteiger partial charge < -0.3 is 5.32 Å². The number of fused-ring (bicyclic) bond motifs is 1. The molecule has 1 aliphatic carbocycles. The fourth-order valence-corrected chi connectivity index (χ4v) is 5.65. The molecule has 0 heterocycles. The van der Waals surface area contributed by atoms with Crippen LogP contribution in [0.25, 0.3) is 0 Å². The Morgan fingerprint density at radius 1 is 1.06 bits per heavy atom. The lowest BCUT2D eigenvalue weighted by molar-refractivity contribution is -0.120. The average Bonchev–Trinajstić information content (AvgIpc) is 2.78. The molecule has 1 aliphatic rings. The van der Waals surface area contributed by atoms with Gasteiger partial charge in [-0.05, 0) is 79.3 Å². The monoisotopic (exact) mass is 468 g/mol. The largest absolute Gasteiger partial charge is 0.348 e. The molecule has 32 heavy (non-hydrogen) atoms. The topological polar surface area (TPSA) is 66.5 Å². The molecule has 3 aromatic rings. The molecule has 0 bridgehead atoms. The minimum Gasteiger partial charge on any atom is -0.348 e. The third-order valence-electron chi connectivity index (χ3n) is 5.68. The number of hydrogen-bond donors (Lipinski definition) is 1. The van der Waals surface area contributed by atoms with Crippen molar-refractivity contribution in [2.45, 2.75) is 37.1 Å². The molecule has 0 radical (unpaired) electrons. The second-order valence-corrected chi connectivity index (χ2v) is 10.3. The van der Waals surface area contributed by atoms with Crippen molar-refractivity contribution in [3.8, 4) is 0 Å². The molecule has 1 atom stereocenters. The van der Waals surface area contributed by atoms with Crippen LogP contribution in [0.3, 0.4) is 0 Å². The summed E-state index contributed by atoms with van der Waals surface area (Å²) >= 11 is 5.94. The van der Waals surface area contributed by atoms with E-state index in [1.807, 2.05) is 31.2 Å². The Labute approximate surface area is 194 Å². The summed E-state index contributed by atoms with van der Waals surface area (Å²) in [6.07, 6.45) is 2.80. The first kappa shape index (κ1) is 22.4. The number of halogens is 1. The van der Waals surface area contributed by atoms with Crippen LogP contribution < -0.4 is 9.62 Å². The summed E-state index contributed by atoms with van der Waals surface area (Å²) in [6.45, 7) is 1.57. The SMILES string of the molecule is Cc1cccc(N(CC(=O)N[C@@H]2CCCc3ccccc32)S(=O)(=O)c2ccc(Cl)cc2)c1. The number of rotatable bonds is 6. The third kappa shape index (κ3) is 4.81. The van der Waals surface area contributed by atoms with Crippen LogP contribution in [-0.2, 0) is 21.2 Å². The first-order valence-electron chi connectivity index (χ1n) is 10.6. The third-order valence-corrected chi connectivity index (χ3v) is 7.72. The van der Waals surface area contributed by atoms with Crippen LogP contribution in [0.5, 0.6) is 0 Å². The van der Waals surface area contributed by atoms with E-state index < -0.39 is 10.0 Å². The summed E-state index contributed by atoms with van der Waals surface area (Å²) in [4.78, 5) is 13.2. The predicted molar refractivity (Wildman–Crippen MR) is 127 cm³/mol. The minimum atomic E-state index is -3.97. The Kier molecular flexibility index (Phi) is 6.53. The summed E-state index contributed by atoms with van der Waals surface area (Å²) in [5.74, 6) is -0.342. The molecule has 3 aromatic carbocycles. The molecule has 0 fully saturated rings. The van der Waals surface area contributed by atoms with E-state index in [1.165, 1.54) is 29.8 Å². The predicted octanol–water partition coefficient (Wildman–Crippen LogP) is 5.04. The van der Waals surface area contributed by atoms with Crippen molar-refractivity contribution in [1.82, 2.24) is 5.32 Å². The van der Waals surface area contributed by atoms with E-state index in [-0.39, 0.29) is 23.4 Å². The van der Waals surface area contributed by atoms with Crippen molar-refractivity contribution in [2.24, 2.45) is 0 Å². The zero-order valence-corrected chi connectivity index (χ0v) is 19.4. The van der Waals surface area contributed by atoms with Crippen LogP contribution in [0.4, 0.5) is 5.69 Å². The zero-order chi connectivity index (χ0) is 22.7. The van der Waals surface area contributed by atoms with E-state index in [4.69, 9.17) is 11.6 Å². The molecule has 0 aromatic heterocycles. The molecule has 5 nitrogen and oxygen atoms in total. The maximum atomic E-state index is 13.5. The molecule has 7 heteroatoms. The number of benzene rings is 3. The molecular formula is C25H25ClN2O3S. The highest BCUT2D eigenvalue weighted by Gasteiger charge is 2.29. The molecule has 166 valence electrons. The molecule has 0 spiro atoms. The Hall–Kier alpha value is -2.83. The van der Waals surface area contributed by atoms with Gasteiger partial charge in [-0.3, -0.25) is 9.10 Å². The van der Waals surface area contributed by atoms with Gasteiger partial charge in [-0.25, -0.2) is 8.42 Å². The number of carbonyl (C=O) groups is 1. The Morgan fingerprint density at radius 3 is 2.56 bits per heavy atom. The van der Waals surface area contributed by atoms with Crippen molar-refractivity contribution in [3.05, 3.63) is 94.5 Å². The van der Waals surface area contributed by atoms with Crippen molar-refractivity contribution in [2.75, 3.05) is 10.8 Å². The Balaban J connectivity index is 1.63. The maximum absolute atomic E-state index is 13.5. The number of nitrogens with one attached hydrogen (secondary N) is 1. The Bertz CT molecular complexity index is 1230. The highest BCUT2D eigenvalue weighted by Crippen LogP contribution is 2.30. The quantitative estimate of drug-likeness (QED) is 0.551. The van der Waals surface area contributed by atoms with Gasteiger partial charge in [0.15, 0.2) is 0 Å². The zero-order valence-electron chi connectivity index (χ0n) is 17.8. The fourth-order valence-electron chi connectivity index (χ4n) is 4.11. The first-order valence-corrected chi connectivity index (χ1v) is 12.4. The van der Waals surface area contributed by atoms with Crippen molar-refractivity contribution < 1.29 is 13.2 Å². The van der Waals surface area contributed by atoms with Gasteiger partial charge in [0.25, 0.3) is 10.0 Å². The summed E-state index contributed by atoms with van der Waals surface area (Å²) in [5.41, 5.74) is 3.68. The minimum absolute atomic E-state index is 0.0826. The van der Waals surface area contributed by atoms with Gasteiger partial charge in [0, 0.05) is 5.02 Å². The highest BCUT2D eigenvalue weighted by molar-refractivity contribution is 7.92. The highest BCUT2D eigenvalue weighted by atomic mass is 35.5. The number of amides is 1. The van der Waals surface area contributed by atoms with Crippen LogP contribution in [0.15, 0.2) is 77.7 Å². The maximum Gasteiger partial charge on any atom is 0.264 e. The number of sulfonamides is 1. The van der Waals surface area contributed by atoms with Crippen LogP contribution >= 0.6 is 11.6 Å². The van der Waals surface area contributed by atoms with Gasteiger partial charge in [0.05, 0.1) is 16.6 Å². The summed E-state index contributed by atoms with van der Waals surface area (Å²) in [6, 6.07) is 21.1. The van der Waals surface area contributed by atoms with E-state index in [9.17, 15) is 13.2 Å². The molecule has 4 rings (SSSR count). The van der Waals surface area contributed by atoms with E-state index >= 15 is 0 Å². The lowest BCUT2D eigenvalue weighted by atomic mass is 9.88. The van der Waals surface area contributed by atoms with Gasteiger partial charge in [0.1, 0.15) is 6.54 Å². The summed E-state index contributed by atoms with van der Waals surface area (Å²) < 4.78 is 28.1. The van der Waals surface area contributed by atoms with Crippen molar-refractivity contribution >= 4 is 33.2 Å². The summed E-state index contributed by atoms with van der Waals surface area (Å²) in [7, 11) is -3.97. The molecule has 0 unspecified atom stereocenters. The number of nitrogens with zero attached hydrogens (tertiary/aromatic N) is 1. The smallest absolute Gasteiger partial charge is 0.264 e. The lowest BCUT2D eigenvalue weighted by Crippen LogP contribution is -2.42. The van der Waals surface area contributed by atoms with Gasteiger partial charge in [0.2, 0.25) is 5.91 Å². The van der Waals surface area contributed by atoms with Crippen LogP contribution in [0.2, 0.25) is 5.02 Å². The van der Waals surface area contributed by atoms with Gasteiger partial charge in [-0.1, -0.05) is 48.0 Å². The van der Waals surface area contributed by atoms with Crippen LogP contribution in [0.1, 0.15) is 35.6 Å². The number of carbonyl (C=O) groups excluding carboxylic acids is 1. The van der Waals surface area contributed by atoms with Crippen LogP contribution in [0, 0.1) is 6.92 Å². The fraction of sp³-hybridized carbons (Fsp3) is 0.240. The molecular weight excluding hydrogens is 444 g/mol. The van der Waals surface area contributed by atoms with Crippen LogP contribution in [-0.4, -0.2) is 20.9 Å². The number of hydrogen-bond acceptors (Lipinski definition) is 3. The van der Waals surface area contributed by atoms with E-state index in [1.54, 1.807) is 18.2 Å². The molecule has 0 aliphatic heterocycles. The van der Waals surface area contributed by atoms with Gasteiger partial charge in [-0.2, -0.15) is 0 Å². The Morgan fingerprint density at radius 2 is 1.81 bits per heavy atom. The first-order chi connectivity index (χ1) is 15.3. The molecule has 0 saturated carbocycles. The molecule has 0 saturated heterocycles. The standard InChI is InChI=1S/C25H25ClN2O3S/c1-18-6-4-9-21(16-18)28(32(30,31)22-14-12-20(26)13-15-22)17-25(29)27-24-11-5-8-19-7-2-3-10-23(19)24/h2-4,6-7,9-10,12-16,24H,5,8,11,17H2,1H3,(H,27,29)/t24-/m1/s1. The normalized spacial score (nSPS) is 15.6. The number of aryl methyl sites for hydroxylation is 2. The lowest BCUT2D eigenvalue weighted by Gasteiger charge is -2.29. The van der Waals surface area contributed by atoms with Crippen molar-refractivity contribution in [1.29, 1.82) is 0 Å². The number of anilines is 1. The van der Waals surface area contributed by atoms with Crippen molar-refractivity contribution in [3.63, 3.8) is 0 Å². The van der Waals surface area contributed by atoms with E-state index in [0.29, 0.717) is 10.7 Å². The van der Waals surface area contributed by atoms with Gasteiger partial charge in [-0.15, -0.1) is 0 Å². The second-order valence-electron chi connectivity index (χ2n) is 8.02. The van der Waals surface area contributed by atoms with Gasteiger partial charge >= 0.3 is 0 Å². The second kappa shape index (κ2) is 9.35.